The Balaban J connectivity index is 2.16. The van der Waals surface area contributed by atoms with Crippen molar-refractivity contribution < 1.29 is 9.90 Å². The number of nitrogens with two attached hydrogens (primary N) is 1. The Morgan fingerprint density at radius 3 is 2.78 bits per heavy atom. The van der Waals surface area contributed by atoms with Gasteiger partial charge in [-0.2, -0.15) is 0 Å². The van der Waals surface area contributed by atoms with Gasteiger partial charge in [0.25, 0.3) is 0 Å². The van der Waals surface area contributed by atoms with Crippen LogP contribution in [0.3, 0.4) is 0 Å². The van der Waals surface area contributed by atoms with Crippen LogP contribution in [0.1, 0.15) is 41.1 Å². The molecule has 5 heteroatoms. The minimum Gasteiger partial charge on any atom is -0.478 e. The van der Waals surface area contributed by atoms with Gasteiger partial charge < -0.3 is 10.1 Å². The second-order valence-electron chi connectivity index (χ2n) is 7.02. The molecule has 0 amide bonds. The number of aryl methyl sites for hydroxylation is 1. The number of fused-ring (bicyclic) bond motifs is 1. The van der Waals surface area contributed by atoms with E-state index in [0.29, 0.717) is 5.56 Å². The van der Waals surface area contributed by atoms with Crippen molar-refractivity contribution in [1.82, 2.24) is 0 Å². The molecular formula is C18H22N2O2S. The van der Waals surface area contributed by atoms with Crippen molar-refractivity contribution >= 4 is 23.0 Å². The molecule has 0 atom stereocenters. The number of carbonyl (C=O) groups is 1. The van der Waals surface area contributed by atoms with Crippen LogP contribution >= 0.6 is 11.3 Å². The summed E-state index contributed by atoms with van der Waals surface area (Å²) in [6.07, 6.45) is 2.89. The van der Waals surface area contributed by atoms with Gasteiger partial charge in [0.15, 0.2) is 0 Å². The van der Waals surface area contributed by atoms with Crippen LogP contribution in [-0.2, 0) is 12.8 Å². The van der Waals surface area contributed by atoms with Crippen molar-refractivity contribution in [3.8, 4) is 10.4 Å². The zero-order valence-electron chi connectivity index (χ0n) is 13.7. The van der Waals surface area contributed by atoms with Crippen LogP contribution in [0, 0.1) is 5.41 Å². The molecule has 0 bridgehead atoms. The average molecular weight is 330 g/mol. The van der Waals surface area contributed by atoms with Crippen molar-refractivity contribution in [2.45, 2.75) is 33.1 Å². The van der Waals surface area contributed by atoms with Crippen LogP contribution in [0.15, 0.2) is 24.3 Å². The van der Waals surface area contributed by atoms with Crippen molar-refractivity contribution in [3.05, 3.63) is 40.3 Å². The van der Waals surface area contributed by atoms with Crippen molar-refractivity contribution in [1.29, 1.82) is 0 Å². The molecule has 3 N–H and O–H groups in total. The first-order valence-electron chi connectivity index (χ1n) is 7.75. The Bertz CT molecular complexity index is 762. The monoisotopic (exact) mass is 330 g/mol. The average Bonchev–Trinajstić information content (AvgIpc) is 2.84. The normalized spacial score (nSPS) is 16.0. The van der Waals surface area contributed by atoms with Gasteiger partial charge in [-0.05, 0) is 47.9 Å². The molecule has 23 heavy (non-hydrogen) atoms. The van der Waals surface area contributed by atoms with Gasteiger partial charge in [-0.1, -0.05) is 26.0 Å². The summed E-state index contributed by atoms with van der Waals surface area (Å²) in [7, 11) is 1.78. The summed E-state index contributed by atoms with van der Waals surface area (Å²) in [4.78, 5) is 14.0. The third-order valence-corrected chi connectivity index (χ3v) is 5.85. The summed E-state index contributed by atoms with van der Waals surface area (Å²) in [6.45, 7) is 4.42. The number of carboxylic acid groups (broad SMARTS) is 1. The van der Waals surface area contributed by atoms with Gasteiger partial charge in [0.1, 0.15) is 0 Å². The molecule has 1 aromatic carbocycles. The second kappa shape index (κ2) is 5.65. The van der Waals surface area contributed by atoms with E-state index >= 15 is 0 Å². The molecule has 1 aliphatic carbocycles. The zero-order valence-corrected chi connectivity index (χ0v) is 14.5. The maximum absolute atomic E-state index is 11.9. The predicted molar refractivity (Wildman–Crippen MR) is 95.1 cm³/mol. The molecule has 2 aromatic rings. The molecule has 3 rings (SSSR count). The van der Waals surface area contributed by atoms with Gasteiger partial charge >= 0.3 is 5.97 Å². The van der Waals surface area contributed by atoms with Gasteiger partial charge in [-0.25, -0.2) is 10.6 Å². The van der Waals surface area contributed by atoms with Gasteiger partial charge in [0.05, 0.1) is 11.3 Å². The Labute approximate surface area is 140 Å². The molecule has 0 spiro atoms. The van der Waals surface area contributed by atoms with E-state index in [4.69, 9.17) is 5.84 Å². The molecule has 122 valence electrons. The maximum atomic E-state index is 11.9. The van der Waals surface area contributed by atoms with Crippen LogP contribution in [0.25, 0.3) is 10.4 Å². The third-order valence-electron chi connectivity index (χ3n) is 4.50. The van der Waals surface area contributed by atoms with Crippen molar-refractivity contribution in [2.75, 3.05) is 12.1 Å². The zero-order chi connectivity index (χ0) is 16.8. The molecule has 0 saturated heterocycles. The number of thiophene rings is 1. The van der Waals surface area contributed by atoms with Crippen LogP contribution in [-0.4, -0.2) is 18.1 Å². The molecule has 0 saturated carbocycles. The number of aromatic carboxylic acids is 1. The second-order valence-corrected chi connectivity index (χ2v) is 8.12. The summed E-state index contributed by atoms with van der Waals surface area (Å²) in [6, 6.07) is 7.75. The smallest absolute Gasteiger partial charge is 0.337 e. The highest BCUT2D eigenvalue weighted by atomic mass is 32.1. The van der Waals surface area contributed by atoms with Gasteiger partial charge in [0, 0.05) is 16.8 Å². The number of benzene rings is 1. The Kier molecular flexibility index (Phi) is 3.94. The molecule has 4 nitrogen and oxygen atoms in total. The van der Waals surface area contributed by atoms with E-state index in [9.17, 15) is 9.90 Å². The molecular weight excluding hydrogens is 308 g/mol. The highest BCUT2D eigenvalue weighted by molar-refractivity contribution is 7.16. The molecule has 0 unspecified atom stereocenters. The third kappa shape index (κ3) is 2.99. The summed E-state index contributed by atoms with van der Waals surface area (Å²) >= 11 is 1.62. The molecule has 0 fully saturated rings. The van der Waals surface area contributed by atoms with E-state index in [-0.39, 0.29) is 5.41 Å². The highest BCUT2D eigenvalue weighted by Crippen LogP contribution is 2.45. The van der Waals surface area contributed by atoms with E-state index in [1.807, 2.05) is 24.3 Å². The summed E-state index contributed by atoms with van der Waals surface area (Å²) in [5.74, 6) is 4.98. The lowest BCUT2D eigenvalue weighted by Gasteiger charge is -2.29. The van der Waals surface area contributed by atoms with Crippen LogP contribution in [0.2, 0.25) is 0 Å². The van der Waals surface area contributed by atoms with E-state index < -0.39 is 5.97 Å². The summed E-state index contributed by atoms with van der Waals surface area (Å²) in [5.41, 5.74) is 3.46. The van der Waals surface area contributed by atoms with Gasteiger partial charge in [-0.15, -0.1) is 11.3 Å². The fourth-order valence-electron chi connectivity index (χ4n) is 3.22. The lowest BCUT2D eigenvalue weighted by Crippen LogP contribution is -2.24. The molecule has 1 aromatic heterocycles. The van der Waals surface area contributed by atoms with Crippen LogP contribution in [0.4, 0.5) is 5.69 Å². The highest BCUT2D eigenvalue weighted by Gasteiger charge is 2.32. The van der Waals surface area contributed by atoms with E-state index in [0.717, 1.165) is 41.0 Å². The maximum Gasteiger partial charge on any atom is 0.337 e. The summed E-state index contributed by atoms with van der Waals surface area (Å²) < 4.78 is 0. The van der Waals surface area contributed by atoms with Crippen LogP contribution < -0.4 is 10.9 Å². The number of carboxylic acids is 1. The minimum absolute atomic E-state index is 0.162. The quantitative estimate of drug-likeness (QED) is 0.661. The number of anilines is 1. The van der Waals surface area contributed by atoms with Crippen molar-refractivity contribution in [3.63, 3.8) is 0 Å². The fourth-order valence-corrected chi connectivity index (χ4v) is 4.52. The number of rotatable bonds is 3. The Morgan fingerprint density at radius 2 is 2.13 bits per heavy atom. The first-order chi connectivity index (χ1) is 10.8. The lowest BCUT2D eigenvalue weighted by atomic mass is 9.76. The Morgan fingerprint density at radius 1 is 1.39 bits per heavy atom. The topological polar surface area (TPSA) is 66.6 Å². The van der Waals surface area contributed by atoms with Crippen molar-refractivity contribution in [2.24, 2.45) is 11.3 Å². The first-order valence-corrected chi connectivity index (χ1v) is 8.57. The van der Waals surface area contributed by atoms with Gasteiger partial charge in [-0.3, -0.25) is 0 Å². The number of hydrogen-bond donors (Lipinski definition) is 2. The molecule has 1 heterocycles. The standard InChI is InChI=1S/C18H22N2O2S/c1-18(2)8-7-14-13(10-18)15(17(21)22)16(23-14)11-5-4-6-12(9-11)20(3)19/h4-6,9H,7-8,10,19H2,1-3H3,(H,21,22). The van der Waals surface area contributed by atoms with E-state index in [2.05, 4.69) is 13.8 Å². The molecule has 0 radical (unpaired) electrons. The number of hydrazine groups is 1. The fraction of sp³-hybridized carbons (Fsp3) is 0.389. The predicted octanol–water partition coefficient (Wildman–Crippen LogP) is 3.94. The van der Waals surface area contributed by atoms with E-state index in [1.54, 1.807) is 23.4 Å². The molecule has 0 aliphatic heterocycles. The van der Waals surface area contributed by atoms with Gasteiger partial charge in [0.2, 0.25) is 0 Å². The number of nitrogens with zero attached hydrogens (tertiary/aromatic N) is 1. The SMILES string of the molecule is CN(N)c1cccc(-c2sc3c(c2C(=O)O)CC(C)(C)CC3)c1. The van der Waals surface area contributed by atoms with Crippen LogP contribution in [0.5, 0.6) is 0 Å². The first kappa shape index (κ1) is 16.0. The number of hydrogen-bond acceptors (Lipinski definition) is 4. The minimum atomic E-state index is -0.832. The molecule has 1 aliphatic rings. The Hall–Kier alpha value is -1.85. The summed E-state index contributed by atoms with van der Waals surface area (Å²) in [5, 5.41) is 11.3. The van der Waals surface area contributed by atoms with E-state index in [1.165, 1.54) is 4.88 Å². The lowest BCUT2D eigenvalue weighted by molar-refractivity contribution is 0.0696. The largest absolute Gasteiger partial charge is 0.478 e.